The molecule has 0 amide bonds. The highest BCUT2D eigenvalue weighted by Gasteiger charge is 1.96. The molecule has 0 aliphatic rings. The van der Waals surface area contributed by atoms with Gasteiger partial charge in [0.05, 0.1) is 5.69 Å². The van der Waals surface area contributed by atoms with Gasteiger partial charge in [-0.1, -0.05) is 15.9 Å². The van der Waals surface area contributed by atoms with Gasteiger partial charge in [-0.3, -0.25) is 5.43 Å². The van der Waals surface area contributed by atoms with Gasteiger partial charge in [0.25, 0.3) is 0 Å². The number of nitrogens with one attached hydrogen (secondary N) is 1. The minimum atomic E-state index is 1.02. The molecule has 0 fully saturated rings. The Hall–Kier alpha value is -0.830. The highest BCUT2D eigenvalue weighted by molar-refractivity contribution is 9.10. The summed E-state index contributed by atoms with van der Waals surface area (Å²) >= 11 is 3.41. The molecule has 2 nitrogen and oxygen atoms in total. The van der Waals surface area contributed by atoms with Gasteiger partial charge in [0, 0.05) is 10.2 Å². The first-order valence-corrected chi connectivity index (χ1v) is 4.92. The largest absolute Gasteiger partial charge is 0.278 e. The van der Waals surface area contributed by atoms with Crippen LogP contribution in [-0.4, -0.2) is 5.71 Å². The average Bonchev–Trinajstić information content (AvgIpc) is 2.02. The summed E-state index contributed by atoms with van der Waals surface area (Å²) in [7, 11) is 0. The maximum Gasteiger partial charge on any atom is 0.0591 e. The van der Waals surface area contributed by atoms with Crippen LogP contribution in [0.2, 0.25) is 0 Å². The van der Waals surface area contributed by atoms with E-state index < -0.39 is 0 Å². The van der Waals surface area contributed by atoms with Crippen molar-refractivity contribution in [2.45, 2.75) is 20.8 Å². The number of anilines is 1. The van der Waals surface area contributed by atoms with Gasteiger partial charge in [0.2, 0.25) is 0 Å². The third kappa shape index (κ3) is 3.19. The molecule has 0 heterocycles. The number of rotatable bonds is 2. The Kier molecular flexibility index (Phi) is 3.48. The SMILES string of the molecule is CC(C)=NNc1ccc(Br)cc1C. The first kappa shape index (κ1) is 10.3. The summed E-state index contributed by atoms with van der Waals surface area (Å²) in [5.74, 6) is 0. The van der Waals surface area contributed by atoms with Crippen LogP contribution in [0, 0.1) is 6.92 Å². The Labute approximate surface area is 87.2 Å². The lowest BCUT2D eigenvalue weighted by Crippen LogP contribution is -1.94. The predicted molar refractivity (Wildman–Crippen MR) is 61.3 cm³/mol. The van der Waals surface area contributed by atoms with Gasteiger partial charge in [0.15, 0.2) is 0 Å². The quantitative estimate of drug-likeness (QED) is 0.621. The molecule has 0 atom stereocenters. The van der Waals surface area contributed by atoms with Gasteiger partial charge in [-0.2, -0.15) is 5.10 Å². The van der Waals surface area contributed by atoms with Crippen LogP contribution in [0.4, 0.5) is 5.69 Å². The monoisotopic (exact) mass is 240 g/mol. The molecule has 0 saturated carbocycles. The normalized spacial score (nSPS) is 9.54. The fraction of sp³-hybridized carbons (Fsp3) is 0.300. The molecule has 0 bridgehead atoms. The Bertz CT molecular complexity index is 328. The first-order chi connectivity index (χ1) is 6.09. The van der Waals surface area contributed by atoms with Crippen LogP contribution in [0.1, 0.15) is 19.4 Å². The fourth-order valence-electron chi connectivity index (χ4n) is 0.925. The van der Waals surface area contributed by atoms with Crippen molar-refractivity contribution in [2.75, 3.05) is 5.43 Å². The third-order valence-electron chi connectivity index (χ3n) is 1.59. The van der Waals surface area contributed by atoms with E-state index in [-0.39, 0.29) is 0 Å². The van der Waals surface area contributed by atoms with Crippen molar-refractivity contribution in [2.24, 2.45) is 5.10 Å². The van der Waals surface area contributed by atoms with Gasteiger partial charge in [-0.15, -0.1) is 0 Å². The molecule has 0 aliphatic carbocycles. The number of nitrogens with zero attached hydrogens (tertiary/aromatic N) is 1. The fourth-order valence-corrected chi connectivity index (χ4v) is 1.40. The highest BCUT2D eigenvalue weighted by Crippen LogP contribution is 2.19. The van der Waals surface area contributed by atoms with Crippen molar-refractivity contribution in [1.82, 2.24) is 0 Å². The Morgan fingerprint density at radius 3 is 2.62 bits per heavy atom. The maximum atomic E-state index is 4.14. The van der Waals surface area contributed by atoms with Crippen molar-refractivity contribution < 1.29 is 0 Å². The summed E-state index contributed by atoms with van der Waals surface area (Å²) in [5.41, 5.74) is 6.25. The van der Waals surface area contributed by atoms with E-state index in [9.17, 15) is 0 Å². The maximum absolute atomic E-state index is 4.14. The van der Waals surface area contributed by atoms with Gasteiger partial charge >= 0.3 is 0 Å². The summed E-state index contributed by atoms with van der Waals surface area (Å²) in [6, 6.07) is 6.06. The van der Waals surface area contributed by atoms with Crippen molar-refractivity contribution in [3.8, 4) is 0 Å². The van der Waals surface area contributed by atoms with Crippen LogP contribution in [0.25, 0.3) is 0 Å². The third-order valence-corrected chi connectivity index (χ3v) is 2.08. The van der Waals surface area contributed by atoms with E-state index in [1.165, 1.54) is 5.56 Å². The smallest absolute Gasteiger partial charge is 0.0591 e. The zero-order valence-electron chi connectivity index (χ0n) is 8.06. The van der Waals surface area contributed by atoms with Crippen molar-refractivity contribution in [3.63, 3.8) is 0 Å². The molecule has 0 saturated heterocycles. The van der Waals surface area contributed by atoms with E-state index in [4.69, 9.17) is 0 Å². The van der Waals surface area contributed by atoms with E-state index >= 15 is 0 Å². The molecule has 13 heavy (non-hydrogen) atoms. The summed E-state index contributed by atoms with van der Waals surface area (Å²) in [5, 5.41) is 4.14. The molecule has 1 aromatic carbocycles. The number of halogens is 1. The van der Waals surface area contributed by atoms with E-state index in [1.54, 1.807) is 0 Å². The van der Waals surface area contributed by atoms with Gasteiger partial charge in [0.1, 0.15) is 0 Å². The second kappa shape index (κ2) is 4.42. The number of hydrogen-bond donors (Lipinski definition) is 1. The predicted octanol–water partition coefficient (Wildman–Crippen LogP) is 3.57. The van der Waals surface area contributed by atoms with Crippen molar-refractivity contribution in [3.05, 3.63) is 28.2 Å². The second-order valence-electron chi connectivity index (χ2n) is 3.13. The first-order valence-electron chi connectivity index (χ1n) is 4.12. The van der Waals surface area contributed by atoms with E-state index in [1.807, 2.05) is 32.9 Å². The number of hydrazone groups is 1. The molecule has 1 rings (SSSR count). The molecular weight excluding hydrogens is 228 g/mol. The molecule has 3 heteroatoms. The minimum Gasteiger partial charge on any atom is -0.278 e. The summed E-state index contributed by atoms with van der Waals surface area (Å²) < 4.78 is 1.09. The molecule has 1 aromatic rings. The van der Waals surface area contributed by atoms with E-state index in [2.05, 4.69) is 32.5 Å². The minimum absolute atomic E-state index is 1.02. The number of aryl methyl sites for hydroxylation is 1. The topological polar surface area (TPSA) is 24.4 Å². The summed E-state index contributed by atoms with van der Waals surface area (Å²) in [6.07, 6.45) is 0. The second-order valence-corrected chi connectivity index (χ2v) is 4.05. The Balaban J connectivity index is 2.84. The molecule has 0 spiro atoms. The van der Waals surface area contributed by atoms with Crippen LogP contribution >= 0.6 is 15.9 Å². The number of hydrogen-bond acceptors (Lipinski definition) is 2. The molecule has 0 aromatic heterocycles. The summed E-state index contributed by atoms with van der Waals surface area (Å²) in [6.45, 7) is 5.97. The van der Waals surface area contributed by atoms with Crippen LogP contribution in [0.3, 0.4) is 0 Å². The van der Waals surface area contributed by atoms with E-state index in [0.717, 1.165) is 15.9 Å². The lowest BCUT2D eigenvalue weighted by atomic mass is 10.2. The molecule has 0 aliphatic heterocycles. The zero-order valence-corrected chi connectivity index (χ0v) is 9.64. The lowest BCUT2D eigenvalue weighted by molar-refractivity contribution is 1.28. The highest BCUT2D eigenvalue weighted by atomic mass is 79.9. The van der Waals surface area contributed by atoms with Crippen LogP contribution in [0.5, 0.6) is 0 Å². The van der Waals surface area contributed by atoms with Gasteiger partial charge < -0.3 is 0 Å². The van der Waals surface area contributed by atoms with Gasteiger partial charge in [-0.05, 0) is 44.5 Å². The lowest BCUT2D eigenvalue weighted by Gasteiger charge is -2.05. The number of benzene rings is 1. The Morgan fingerprint density at radius 2 is 2.08 bits per heavy atom. The molecule has 70 valence electrons. The zero-order chi connectivity index (χ0) is 9.84. The standard InChI is InChI=1S/C10H13BrN2/c1-7(2)12-13-10-5-4-9(11)6-8(10)3/h4-6,13H,1-3H3. The van der Waals surface area contributed by atoms with Crippen LogP contribution < -0.4 is 5.43 Å². The molecular formula is C10H13BrN2. The molecule has 0 unspecified atom stereocenters. The molecule has 0 radical (unpaired) electrons. The molecule has 1 N–H and O–H groups in total. The average molecular weight is 241 g/mol. The van der Waals surface area contributed by atoms with Crippen molar-refractivity contribution >= 4 is 27.3 Å². The Morgan fingerprint density at radius 1 is 1.38 bits per heavy atom. The van der Waals surface area contributed by atoms with E-state index in [0.29, 0.717) is 0 Å². The van der Waals surface area contributed by atoms with Crippen LogP contribution in [-0.2, 0) is 0 Å². The summed E-state index contributed by atoms with van der Waals surface area (Å²) in [4.78, 5) is 0. The van der Waals surface area contributed by atoms with Crippen LogP contribution in [0.15, 0.2) is 27.8 Å². The van der Waals surface area contributed by atoms with Gasteiger partial charge in [-0.25, -0.2) is 0 Å². The van der Waals surface area contributed by atoms with Crippen molar-refractivity contribution in [1.29, 1.82) is 0 Å².